The lowest BCUT2D eigenvalue weighted by Gasteiger charge is -1.99. The second-order valence-corrected chi connectivity index (χ2v) is 2.63. The first kappa shape index (κ1) is 9.60. The monoisotopic (exact) mass is 175 g/mol. The molecule has 13 heavy (non-hydrogen) atoms. The number of pyridine rings is 1. The van der Waals surface area contributed by atoms with Crippen molar-refractivity contribution in [2.24, 2.45) is 0 Å². The van der Waals surface area contributed by atoms with Gasteiger partial charge in [-0.2, -0.15) is 0 Å². The Morgan fingerprint density at radius 2 is 2.38 bits per heavy atom. The summed E-state index contributed by atoms with van der Waals surface area (Å²) in [5.41, 5.74) is 0.860. The molecule has 1 heterocycles. The van der Waals surface area contributed by atoms with Crippen LogP contribution in [0.15, 0.2) is 18.5 Å². The molecule has 1 aromatic rings. The van der Waals surface area contributed by atoms with Gasteiger partial charge >= 0.3 is 0 Å². The van der Waals surface area contributed by atoms with Crippen LogP contribution in [0.3, 0.4) is 0 Å². The highest BCUT2D eigenvalue weighted by molar-refractivity contribution is 5.43. The van der Waals surface area contributed by atoms with Gasteiger partial charge in [0.1, 0.15) is 5.75 Å². The summed E-state index contributed by atoms with van der Waals surface area (Å²) in [7, 11) is 1.64. The second-order valence-electron chi connectivity index (χ2n) is 2.63. The molecule has 2 heteroatoms. The summed E-state index contributed by atoms with van der Waals surface area (Å²) in [5.74, 6) is 6.87. The Morgan fingerprint density at radius 3 is 3.08 bits per heavy atom. The van der Waals surface area contributed by atoms with Gasteiger partial charge in [0.05, 0.1) is 12.7 Å². The topological polar surface area (TPSA) is 22.1 Å². The molecule has 0 aliphatic heterocycles. The summed E-state index contributed by atoms with van der Waals surface area (Å²) in [4.78, 5) is 3.99. The molecule has 1 aromatic heterocycles. The van der Waals surface area contributed by atoms with Crippen LogP contribution in [-0.2, 0) is 0 Å². The summed E-state index contributed by atoms with van der Waals surface area (Å²) >= 11 is 0. The molecule has 0 saturated carbocycles. The van der Waals surface area contributed by atoms with Gasteiger partial charge in [0.2, 0.25) is 0 Å². The highest BCUT2D eigenvalue weighted by atomic mass is 16.5. The lowest BCUT2D eigenvalue weighted by molar-refractivity contribution is 0.413. The number of hydrogen-bond donors (Lipinski definition) is 0. The molecule has 0 atom stereocenters. The summed E-state index contributed by atoms with van der Waals surface area (Å²) in [6.07, 6.45) is 5.42. The van der Waals surface area contributed by atoms with Gasteiger partial charge in [-0.1, -0.05) is 18.8 Å². The maximum Gasteiger partial charge on any atom is 0.137 e. The number of aromatic nitrogens is 1. The number of nitrogens with zero attached hydrogens (tertiary/aromatic N) is 1. The molecule has 0 spiro atoms. The van der Waals surface area contributed by atoms with Gasteiger partial charge in [-0.25, -0.2) is 0 Å². The van der Waals surface area contributed by atoms with E-state index in [0.29, 0.717) is 0 Å². The third kappa shape index (κ3) is 2.79. The SMILES string of the molecule is CCCC#Cc1cnccc1OC. The van der Waals surface area contributed by atoms with Crippen LogP contribution in [0.4, 0.5) is 0 Å². The Kier molecular flexibility index (Phi) is 3.84. The Balaban J connectivity index is 2.82. The molecule has 0 unspecified atom stereocenters. The Labute approximate surface area is 79.0 Å². The van der Waals surface area contributed by atoms with Crippen LogP contribution in [0.5, 0.6) is 5.75 Å². The standard InChI is InChI=1S/C11H13NO/c1-3-4-5-6-10-9-12-8-7-11(10)13-2/h7-9H,3-4H2,1-2H3. The van der Waals surface area contributed by atoms with Crippen LogP contribution >= 0.6 is 0 Å². The van der Waals surface area contributed by atoms with E-state index >= 15 is 0 Å². The highest BCUT2D eigenvalue weighted by Crippen LogP contribution is 2.13. The van der Waals surface area contributed by atoms with Crippen LogP contribution in [0.25, 0.3) is 0 Å². The minimum Gasteiger partial charge on any atom is -0.495 e. The predicted molar refractivity (Wildman–Crippen MR) is 52.6 cm³/mol. The highest BCUT2D eigenvalue weighted by Gasteiger charge is 1.96. The van der Waals surface area contributed by atoms with Crippen molar-refractivity contribution in [3.8, 4) is 17.6 Å². The summed E-state index contributed by atoms with van der Waals surface area (Å²) < 4.78 is 5.13. The van der Waals surface area contributed by atoms with Crippen molar-refractivity contribution < 1.29 is 4.74 Å². The lowest BCUT2D eigenvalue weighted by Crippen LogP contribution is -1.87. The molecular formula is C11H13NO. The van der Waals surface area contributed by atoms with E-state index in [9.17, 15) is 0 Å². The fourth-order valence-corrected chi connectivity index (χ4v) is 0.936. The van der Waals surface area contributed by atoms with E-state index in [0.717, 1.165) is 24.2 Å². The third-order valence-electron chi connectivity index (χ3n) is 1.60. The van der Waals surface area contributed by atoms with Crippen molar-refractivity contribution in [2.45, 2.75) is 19.8 Å². The molecular weight excluding hydrogens is 162 g/mol. The van der Waals surface area contributed by atoms with Gasteiger partial charge < -0.3 is 4.74 Å². The van der Waals surface area contributed by atoms with Crippen molar-refractivity contribution in [3.05, 3.63) is 24.0 Å². The van der Waals surface area contributed by atoms with Crippen molar-refractivity contribution in [1.29, 1.82) is 0 Å². The number of rotatable bonds is 2. The molecule has 0 aliphatic carbocycles. The van der Waals surface area contributed by atoms with E-state index in [1.807, 2.05) is 6.07 Å². The number of methoxy groups -OCH3 is 1. The minimum atomic E-state index is 0.790. The zero-order chi connectivity index (χ0) is 9.52. The van der Waals surface area contributed by atoms with Gasteiger partial charge in [0, 0.05) is 18.8 Å². The van der Waals surface area contributed by atoms with Crippen LogP contribution in [0, 0.1) is 11.8 Å². The van der Waals surface area contributed by atoms with Crippen LogP contribution in [0.1, 0.15) is 25.3 Å². The summed E-state index contributed by atoms with van der Waals surface area (Å²) in [6.45, 7) is 2.11. The van der Waals surface area contributed by atoms with E-state index in [4.69, 9.17) is 4.74 Å². The first-order chi connectivity index (χ1) is 6.38. The molecule has 68 valence electrons. The lowest BCUT2D eigenvalue weighted by atomic mass is 10.2. The van der Waals surface area contributed by atoms with E-state index in [2.05, 4.69) is 23.7 Å². The number of hydrogen-bond acceptors (Lipinski definition) is 2. The van der Waals surface area contributed by atoms with Crippen molar-refractivity contribution in [1.82, 2.24) is 4.98 Å². The zero-order valence-corrected chi connectivity index (χ0v) is 8.00. The van der Waals surface area contributed by atoms with Gasteiger partial charge in [0.15, 0.2) is 0 Å². The van der Waals surface area contributed by atoms with Crippen LogP contribution in [-0.4, -0.2) is 12.1 Å². The van der Waals surface area contributed by atoms with Crippen molar-refractivity contribution in [3.63, 3.8) is 0 Å². The summed E-state index contributed by atoms with van der Waals surface area (Å²) in [6, 6.07) is 1.82. The van der Waals surface area contributed by atoms with E-state index in [-0.39, 0.29) is 0 Å². The number of ether oxygens (including phenoxy) is 1. The normalized spacial score (nSPS) is 8.77. The van der Waals surface area contributed by atoms with E-state index in [1.165, 1.54) is 0 Å². The minimum absolute atomic E-state index is 0.790. The van der Waals surface area contributed by atoms with Crippen molar-refractivity contribution >= 4 is 0 Å². The molecule has 0 aromatic carbocycles. The molecule has 0 N–H and O–H groups in total. The zero-order valence-electron chi connectivity index (χ0n) is 8.00. The fourth-order valence-electron chi connectivity index (χ4n) is 0.936. The van der Waals surface area contributed by atoms with Crippen molar-refractivity contribution in [2.75, 3.05) is 7.11 Å². The quantitative estimate of drug-likeness (QED) is 0.643. The maximum absolute atomic E-state index is 5.13. The largest absolute Gasteiger partial charge is 0.495 e. The van der Waals surface area contributed by atoms with Gasteiger partial charge in [-0.15, -0.1) is 0 Å². The molecule has 0 bridgehead atoms. The van der Waals surface area contributed by atoms with Crippen LogP contribution < -0.4 is 4.74 Å². The smallest absolute Gasteiger partial charge is 0.137 e. The Morgan fingerprint density at radius 1 is 1.54 bits per heavy atom. The molecule has 0 radical (unpaired) electrons. The molecule has 2 nitrogen and oxygen atoms in total. The molecule has 0 aliphatic rings. The maximum atomic E-state index is 5.13. The Hall–Kier alpha value is -1.49. The molecule has 0 amide bonds. The molecule has 0 fully saturated rings. The Bertz CT molecular complexity index is 322. The third-order valence-corrected chi connectivity index (χ3v) is 1.60. The average Bonchev–Trinajstić information content (AvgIpc) is 2.19. The summed E-state index contributed by atoms with van der Waals surface area (Å²) in [5, 5.41) is 0. The molecule has 0 saturated heterocycles. The van der Waals surface area contributed by atoms with Gasteiger partial charge in [-0.05, 0) is 12.5 Å². The first-order valence-corrected chi connectivity index (χ1v) is 4.35. The average molecular weight is 175 g/mol. The van der Waals surface area contributed by atoms with Gasteiger partial charge in [0.25, 0.3) is 0 Å². The van der Waals surface area contributed by atoms with E-state index in [1.54, 1.807) is 19.5 Å². The second kappa shape index (κ2) is 5.21. The molecule has 1 rings (SSSR count). The van der Waals surface area contributed by atoms with Crippen LogP contribution in [0.2, 0.25) is 0 Å². The van der Waals surface area contributed by atoms with E-state index < -0.39 is 0 Å². The fraction of sp³-hybridized carbons (Fsp3) is 0.364. The predicted octanol–water partition coefficient (Wildman–Crippen LogP) is 2.24. The van der Waals surface area contributed by atoms with Gasteiger partial charge in [-0.3, -0.25) is 4.98 Å². The number of unbranched alkanes of at least 4 members (excludes halogenated alkanes) is 1. The first-order valence-electron chi connectivity index (χ1n) is 4.35.